The molecule has 0 saturated heterocycles. The summed E-state index contributed by atoms with van der Waals surface area (Å²) in [5.74, 6) is -0.251. The third-order valence-corrected chi connectivity index (χ3v) is 3.87. The minimum atomic E-state index is -4.80. The van der Waals surface area contributed by atoms with Crippen LogP contribution >= 0.6 is 0 Å². The molecule has 0 spiro atoms. The van der Waals surface area contributed by atoms with Crippen molar-refractivity contribution in [3.8, 4) is 5.88 Å². The van der Waals surface area contributed by atoms with Crippen LogP contribution in [0.25, 0.3) is 0 Å². The molecule has 20 heavy (non-hydrogen) atoms. The molecule has 1 fully saturated rings. The van der Waals surface area contributed by atoms with Gasteiger partial charge in [0.1, 0.15) is 5.69 Å². The Morgan fingerprint density at radius 1 is 1.45 bits per heavy atom. The topological polar surface area (TPSA) is 68.4 Å². The lowest BCUT2D eigenvalue weighted by molar-refractivity contribution is -0.274. The van der Waals surface area contributed by atoms with E-state index in [2.05, 4.69) is 4.98 Å². The number of anilines is 1. The predicted molar refractivity (Wildman–Crippen MR) is 67.1 cm³/mol. The maximum atomic E-state index is 13.4. The summed E-state index contributed by atoms with van der Waals surface area (Å²) in [5, 5.41) is 10.3. The molecule has 1 atom stereocenters. The van der Waals surface area contributed by atoms with Crippen LogP contribution < -0.4 is 10.5 Å². The van der Waals surface area contributed by atoms with Gasteiger partial charge in [-0.05, 0) is 18.4 Å². The standard InChI is InChI=1S/C13H17F3N2O2/c1-20-11-10(17)9(5-6-18-11)12(19,13(14,15)16)7-8-3-2-4-8/h5-6,8,19H,2-4,7,17H2,1H3. The first kappa shape index (κ1) is 14.9. The molecule has 1 saturated carbocycles. The van der Waals surface area contributed by atoms with E-state index in [0.29, 0.717) is 12.8 Å². The molecule has 1 unspecified atom stereocenters. The summed E-state index contributed by atoms with van der Waals surface area (Å²) < 4.78 is 44.9. The molecular formula is C13H17F3N2O2. The monoisotopic (exact) mass is 290 g/mol. The number of nitrogens with zero attached hydrogens (tertiary/aromatic N) is 1. The zero-order valence-corrected chi connectivity index (χ0v) is 11.1. The largest absolute Gasteiger partial charge is 0.480 e. The fourth-order valence-corrected chi connectivity index (χ4v) is 2.47. The first-order chi connectivity index (χ1) is 9.29. The van der Waals surface area contributed by atoms with Crippen LogP contribution in [-0.4, -0.2) is 23.4 Å². The second-order valence-electron chi connectivity index (χ2n) is 5.14. The van der Waals surface area contributed by atoms with Gasteiger partial charge < -0.3 is 15.6 Å². The van der Waals surface area contributed by atoms with Crippen LogP contribution in [0, 0.1) is 5.92 Å². The lowest BCUT2D eigenvalue weighted by Crippen LogP contribution is -2.45. The van der Waals surface area contributed by atoms with Crippen LogP contribution in [0.15, 0.2) is 12.3 Å². The average molecular weight is 290 g/mol. The number of methoxy groups -OCH3 is 1. The van der Waals surface area contributed by atoms with Crippen LogP contribution in [0.4, 0.5) is 18.9 Å². The number of halogens is 3. The quantitative estimate of drug-likeness (QED) is 0.894. The molecule has 0 radical (unpaired) electrons. The number of nitrogen functional groups attached to an aromatic ring is 1. The van der Waals surface area contributed by atoms with E-state index in [1.54, 1.807) is 0 Å². The highest BCUT2D eigenvalue weighted by atomic mass is 19.4. The minimum Gasteiger partial charge on any atom is -0.480 e. The first-order valence-electron chi connectivity index (χ1n) is 6.37. The molecule has 0 amide bonds. The van der Waals surface area contributed by atoms with Gasteiger partial charge in [-0.2, -0.15) is 13.2 Å². The Bertz CT molecular complexity index is 489. The molecule has 0 aliphatic heterocycles. The third kappa shape index (κ3) is 2.42. The van der Waals surface area contributed by atoms with Crippen LogP contribution in [0.2, 0.25) is 0 Å². The van der Waals surface area contributed by atoms with E-state index in [1.807, 2.05) is 0 Å². The Morgan fingerprint density at radius 2 is 2.10 bits per heavy atom. The lowest BCUT2D eigenvalue weighted by atomic mass is 9.74. The van der Waals surface area contributed by atoms with Crippen molar-refractivity contribution in [3.63, 3.8) is 0 Å². The maximum absolute atomic E-state index is 13.4. The molecule has 1 heterocycles. The summed E-state index contributed by atoms with van der Waals surface area (Å²) in [6, 6.07) is 1.10. The molecule has 112 valence electrons. The number of alkyl halides is 3. The Hall–Kier alpha value is -1.50. The lowest BCUT2D eigenvalue weighted by Gasteiger charge is -2.37. The molecule has 1 aliphatic rings. The SMILES string of the molecule is COc1nccc(C(O)(CC2CCC2)C(F)(F)F)c1N. The van der Waals surface area contributed by atoms with E-state index in [-0.39, 0.29) is 29.5 Å². The van der Waals surface area contributed by atoms with Gasteiger partial charge in [-0.15, -0.1) is 0 Å². The van der Waals surface area contributed by atoms with E-state index in [9.17, 15) is 18.3 Å². The number of ether oxygens (including phenoxy) is 1. The Morgan fingerprint density at radius 3 is 2.55 bits per heavy atom. The second kappa shape index (κ2) is 5.12. The fraction of sp³-hybridized carbons (Fsp3) is 0.615. The van der Waals surface area contributed by atoms with Gasteiger partial charge >= 0.3 is 6.18 Å². The Labute approximate surface area is 114 Å². The smallest absolute Gasteiger partial charge is 0.421 e. The highest BCUT2D eigenvalue weighted by molar-refractivity contribution is 5.57. The van der Waals surface area contributed by atoms with Crippen molar-refractivity contribution in [1.29, 1.82) is 0 Å². The zero-order chi connectivity index (χ0) is 15.0. The number of nitrogens with two attached hydrogens (primary N) is 1. The van der Waals surface area contributed by atoms with Gasteiger partial charge in [0.05, 0.1) is 7.11 Å². The van der Waals surface area contributed by atoms with Gasteiger partial charge in [-0.1, -0.05) is 19.3 Å². The van der Waals surface area contributed by atoms with Gasteiger partial charge in [-0.3, -0.25) is 0 Å². The molecule has 1 aromatic rings. The van der Waals surface area contributed by atoms with Crippen LogP contribution in [0.1, 0.15) is 31.2 Å². The Kier molecular flexibility index (Phi) is 3.82. The highest BCUT2D eigenvalue weighted by Crippen LogP contribution is 2.49. The Balaban J connectivity index is 2.45. The predicted octanol–water partition coefficient (Wildman–Crippen LogP) is 2.61. The average Bonchev–Trinajstić information content (AvgIpc) is 2.32. The number of hydrogen-bond acceptors (Lipinski definition) is 4. The molecule has 7 heteroatoms. The van der Waals surface area contributed by atoms with Crippen molar-refractivity contribution >= 4 is 5.69 Å². The van der Waals surface area contributed by atoms with Crippen LogP contribution in [0.3, 0.4) is 0 Å². The highest BCUT2D eigenvalue weighted by Gasteiger charge is 2.57. The number of aliphatic hydroxyl groups is 1. The minimum absolute atomic E-state index is 0.112. The molecule has 0 bridgehead atoms. The van der Waals surface area contributed by atoms with Crippen molar-refractivity contribution in [1.82, 2.24) is 4.98 Å². The number of rotatable bonds is 4. The summed E-state index contributed by atoms with van der Waals surface area (Å²) in [4.78, 5) is 3.74. The van der Waals surface area contributed by atoms with Gasteiger partial charge in [0.25, 0.3) is 0 Å². The van der Waals surface area contributed by atoms with E-state index in [4.69, 9.17) is 10.5 Å². The van der Waals surface area contributed by atoms with E-state index in [1.165, 1.54) is 7.11 Å². The number of aromatic nitrogens is 1. The van der Waals surface area contributed by atoms with Crippen molar-refractivity contribution in [2.24, 2.45) is 5.92 Å². The van der Waals surface area contributed by atoms with Gasteiger partial charge in [-0.25, -0.2) is 4.98 Å². The van der Waals surface area contributed by atoms with E-state index in [0.717, 1.165) is 18.7 Å². The maximum Gasteiger partial charge on any atom is 0.421 e. The summed E-state index contributed by atoms with van der Waals surface area (Å²) in [6.45, 7) is 0. The zero-order valence-electron chi connectivity index (χ0n) is 11.1. The molecule has 2 rings (SSSR count). The molecule has 3 N–H and O–H groups in total. The summed E-state index contributed by atoms with van der Waals surface area (Å²) in [6.07, 6.45) is -1.74. The molecular weight excluding hydrogens is 273 g/mol. The van der Waals surface area contributed by atoms with Crippen molar-refractivity contribution in [3.05, 3.63) is 17.8 Å². The van der Waals surface area contributed by atoms with E-state index < -0.39 is 11.8 Å². The van der Waals surface area contributed by atoms with Gasteiger partial charge in [0.2, 0.25) is 5.88 Å². The third-order valence-electron chi connectivity index (χ3n) is 3.87. The number of pyridine rings is 1. The second-order valence-corrected chi connectivity index (χ2v) is 5.14. The summed E-state index contributed by atoms with van der Waals surface area (Å²) in [5.41, 5.74) is 2.05. The fourth-order valence-electron chi connectivity index (χ4n) is 2.47. The van der Waals surface area contributed by atoms with Crippen molar-refractivity contribution < 1.29 is 23.0 Å². The van der Waals surface area contributed by atoms with Crippen LogP contribution in [0.5, 0.6) is 5.88 Å². The normalized spacial score (nSPS) is 19.2. The van der Waals surface area contributed by atoms with Gasteiger partial charge in [0, 0.05) is 11.8 Å². The van der Waals surface area contributed by atoms with Crippen molar-refractivity contribution in [2.75, 3.05) is 12.8 Å². The molecule has 1 aromatic heterocycles. The molecule has 4 nitrogen and oxygen atoms in total. The summed E-state index contributed by atoms with van der Waals surface area (Å²) >= 11 is 0. The van der Waals surface area contributed by atoms with Gasteiger partial charge in [0.15, 0.2) is 5.60 Å². The molecule has 0 aromatic carbocycles. The van der Waals surface area contributed by atoms with E-state index >= 15 is 0 Å². The van der Waals surface area contributed by atoms with Crippen LogP contribution in [-0.2, 0) is 5.60 Å². The summed E-state index contributed by atoms with van der Waals surface area (Å²) in [7, 11) is 1.26. The number of hydrogen-bond donors (Lipinski definition) is 2. The molecule has 1 aliphatic carbocycles. The first-order valence-corrected chi connectivity index (χ1v) is 6.37. The van der Waals surface area contributed by atoms with Crippen molar-refractivity contribution in [2.45, 2.75) is 37.5 Å².